The minimum absolute atomic E-state index is 0.0930. The third kappa shape index (κ3) is 3.43. The van der Waals surface area contributed by atoms with Gasteiger partial charge in [0, 0.05) is 20.1 Å². The Hall–Kier alpha value is -1.63. The van der Waals surface area contributed by atoms with Gasteiger partial charge in [0.05, 0.1) is 4.92 Å². The molecule has 7 heteroatoms. The predicted octanol–water partition coefficient (Wildman–Crippen LogP) is 1.30. The van der Waals surface area contributed by atoms with Crippen molar-refractivity contribution in [3.05, 3.63) is 15.8 Å². The molecule has 0 saturated carbocycles. The molecule has 0 atom stereocenters. The van der Waals surface area contributed by atoms with Gasteiger partial charge in [-0.3, -0.25) is 10.1 Å². The van der Waals surface area contributed by atoms with Gasteiger partial charge >= 0.3 is 5.69 Å². The highest BCUT2D eigenvalue weighted by molar-refractivity contribution is 5.59. The van der Waals surface area contributed by atoms with E-state index < -0.39 is 0 Å². The largest absolute Gasteiger partial charge is 0.363 e. The zero-order chi connectivity index (χ0) is 13.5. The van der Waals surface area contributed by atoms with E-state index in [0.29, 0.717) is 24.5 Å². The van der Waals surface area contributed by atoms with E-state index in [1.54, 1.807) is 7.05 Å². The summed E-state index contributed by atoms with van der Waals surface area (Å²) < 4.78 is 1.54. The summed E-state index contributed by atoms with van der Waals surface area (Å²) in [5, 5.41) is 21.5. The van der Waals surface area contributed by atoms with Gasteiger partial charge in [-0.1, -0.05) is 13.8 Å². The van der Waals surface area contributed by atoms with Gasteiger partial charge in [0.2, 0.25) is 5.82 Å². The van der Waals surface area contributed by atoms with Crippen LogP contribution >= 0.6 is 0 Å². The summed E-state index contributed by atoms with van der Waals surface area (Å²) >= 11 is 0. The summed E-state index contributed by atoms with van der Waals surface area (Å²) in [5.74, 6) is 0.482. The Morgan fingerprint density at radius 1 is 1.33 bits per heavy atom. The zero-order valence-electron chi connectivity index (χ0n) is 11.2. The van der Waals surface area contributed by atoms with Crippen molar-refractivity contribution in [3.63, 3.8) is 0 Å². The maximum atomic E-state index is 11.0. The number of aromatic nitrogens is 2. The monoisotopic (exact) mass is 255 g/mol. The molecule has 1 aromatic rings. The average Bonchev–Trinajstić information content (AvgIpc) is 2.66. The molecule has 2 N–H and O–H groups in total. The van der Waals surface area contributed by atoms with E-state index >= 15 is 0 Å². The average molecular weight is 255 g/mol. The van der Waals surface area contributed by atoms with Gasteiger partial charge < -0.3 is 10.6 Å². The molecule has 0 unspecified atom stereocenters. The number of rotatable bonds is 8. The van der Waals surface area contributed by atoms with Crippen molar-refractivity contribution >= 4 is 11.5 Å². The summed E-state index contributed by atoms with van der Waals surface area (Å²) in [6.07, 6.45) is 1.63. The first-order chi connectivity index (χ1) is 8.61. The summed E-state index contributed by atoms with van der Waals surface area (Å²) in [6, 6.07) is 0. The molecule has 0 fully saturated rings. The van der Waals surface area contributed by atoms with E-state index in [0.717, 1.165) is 19.5 Å². The van der Waals surface area contributed by atoms with Crippen molar-refractivity contribution in [1.29, 1.82) is 0 Å². The number of nitro groups is 1. The second-order valence-electron chi connectivity index (χ2n) is 4.05. The van der Waals surface area contributed by atoms with Crippen LogP contribution in [0.5, 0.6) is 0 Å². The molecular formula is C11H21N5O2. The Morgan fingerprint density at radius 2 is 2.06 bits per heavy atom. The number of hydrogen-bond donors (Lipinski definition) is 2. The number of nitrogens with one attached hydrogen (secondary N) is 2. The quantitative estimate of drug-likeness (QED) is 0.415. The minimum Gasteiger partial charge on any atom is -0.363 e. The summed E-state index contributed by atoms with van der Waals surface area (Å²) in [5.41, 5.74) is 0.613. The molecule has 18 heavy (non-hydrogen) atoms. The molecule has 0 aliphatic carbocycles. The molecule has 0 spiro atoms. The molecule has 0 saturated heterocycles. The minimum atomic E-state index is -0.367. The molecule has 0 aliphatic heterocycles. The van der Waals surface area contributed by atoms with Gasteiger partial charge in [0.25, 0.3) is 0 Å². The molecule has 1 heterocycles. The Bertz CT molecular complexity index is 402. The fraction of sp³-hybridized carbons (Fsp3) is 0.727. The van der Waals surface area contributed by atoms with Crippen LogP contribution in [0, 0.1) is 10.1 Å². The molecule has 1 aromatic heterocycles. The molecule has 0 amide bonds. The normalized spacial score (nSPS) is 10.6. The van der Waals surface area contributed by atoms with Crippen molar-refractivity contribution in [2.75, 3.05) is 25.0 Å². The molecule has 0 bridgehead atoms. The second-order valence-corrected chi connectivity index (χ2v) is 4.05. The fourth-order valence-corrected chi connectivity index (χ4v) is 1.77. The number of hydrogen-bond acceptors (Lipinski definition) is 5. The van der Waals surface area contributed by atoms with Crippen LogP contribution < -0.4 is 10.6 Å². The lowest BCUT2D eigenvalue weighted by Crippen LogP contribution is -2.23. The van der Waals surface area contributed by atoms with Crippen molar-refractivity contribution in [3.8, 4) is 0 Å². The van der Waals surface area contributed by atoms with Gasteiger partial charge in [0.15, 0.2) is 0 Å². The van der Waals surface area contributed by atoms with Gasteiger partial charge in [-0.15, -0.1) is 0 Å². The van der Waals surface area contributed by atoms with E-state index in [2.05, 4.69) is 22.7 Å². The maximum absolute atomic E-state index is 11.0. The molecule has 0 aliphatic rings. The van der Waals surface area contributed by atoms with Gasteiger partial charge in [-0.05, 0) is 19.4 Å². The van der Waals surface area contributed by atoms with Crippen LogP contribution in [0.2, 0.25) is 0 Å². The third-order valence-corrected chi connectivity index (χ3v) is 2.63. The van der Waals surface area contributed by atoms with Crippen molar-refractivity contribution in [2.24, 2.45) is 7.05 Å². The second kappa shape index (κ2) is 6.95. The maximum Gasteiger partial charge on any atom is 0.333 e. The summed E-state index contributed by atoms with van der Waals surface area (Å²) in [7, 11) is 1.72. The van der Waals surface area contributed by atoms with Crippen molar-refractivity contribution in [2.45, 2.75) is 26.7 Å². The molecular weight excluding hydrogens is 234 g/mol. The number of nitrogens with zero attached hydrogens (tertiary/aromatic N) is 3. The third-order valence-electron chi connectivity index (χ3n) is 2.63. The molecule has 0 aromatic carbocycles. The van der Waals surface area contributed by atoms with E-state index in [-0.39, 0.29) is 10.6 Å². The molecule has 1 rings (SSSR count). The first-order valence-corrected chi connectivity index (χ1v) is 6.26. The lowest BCUT2D eigenvalue weighted by atomic mass is 10.3. The van der Waals surface area contributed by atoms with Gasteiger partial charge in [-0.25, -0.2) is 4.68 Å². The summed E-state index contributed by atoms with van der Waals surface area (Å²) in [4.78, 5) is 10.7. The Morgan fingerprint density at radius 3 is 2.61 bits per heavy atom. The van der Waals surface area contributed by atoms with Crippen molar-refractivity contribution < 1.29 is 4.92 Å². The van der Waals surface area contributed by atoms with Crippen LogP contribution in [0.25, 0.3) is 0 Å². The first-order valence-electron chi connectivity index (χ1n) is 6.26. The summed E-state index contributed by atoms with van der Waals surface area (Å²) in [6.45, 7) is 6.33. The van der Waals surface area contributed by atoms with Crippen LogP contribution in [0.4, 0.5) is 11.5 Å². The first kappa shape index (κ1) is 14.4. The van der Waals surface area contributed by atoms with E-state index in [1.165, 1.54) is 4.68 Å². The highest BCUT2D eigenvalue weighted by atomic mass is 16.6. The Labute approximate surface area is 107 Å². The highest BCUT2D eigenvalue weighted by Crippen LogP contribution is 2.27. The lowest BCUT2D eigenvalue weighted by Gasteiger charge is -2.06. The smallest absolute Gasteiger partial charge is 0.333 e. The number of anilines is 1. The van der Waals surface area contributed by atoms with Crippen LogP contribution in [0.15, 0.2) is 0 Å². The SMILES string of the molecule is CCCNCCNc1c([N+](=O)[O-])c(CC)nn1C. The molecule has 102 valence electrons. The number of aryl methyl sites for hydroxylation is 2. The Kier molecular flexibility index (Phi) is 5.57. The van der Waals surface area contributed by atoms with E-state index in [9.17, 15) is 10.1 Å². The zero-order valence-corrected chi connectivity index (χ0v) is 11.2. The van der Waals surface area contributed by atoms with Crippen LogP contribution in [-0.4, -0.2) is 34.3 Å². The van der Waals surface area contributed by atoms with Gasteiger partial charge in [0.1, 0.15) is 5.69 Å². The topological polar surface area (TPSA) is 85.0 Å². The van der Waals surface area contributed by atoms with E-state index in [1.807, 2.05) is 6.92 Å². The van der Waals surface area contributed by atoms with Crippen LogP contribution in [0.1, 0.15) is 26.0 Å². The molecule has 7 nitrogen and oxygen atoms in total. The highest BCUT2D eigenvalue weighted by Gasteiger charge is 2.24. The lowest BCUT2D eigenvalue weighted by molar-refractivity contribution is -0.384. The van der Waals surface area contributed by atoms with Crippen LogP contribution in [0.3, 0.4) is 0 Å². The standard InChI is InChI=1S/C11H21N5O2/c1-4-6-12-7-8-13-11-10(16(17)18)9(5-2)14-15(11)3/h12-13H,4-8H2,1-3H3. The Balaban J connectivity index is 2.69. The molecule has 0 radical (unpaired) electrons. The van der Waals surface area contributed by atoms with E-state index in [4.69, 9.17) is 0 Å². The predicted molar refractivity (Wildman–Crippen MR) is 70.9 cm³/mol. The fourth-order valence-electron chi connectivity index (χ4n) is 1.77. The van der Waals surface area contributed by atoms with Crippen molar-refractivity contribution in [1.82, 2.24) is 15.1 Å². The van der Waals surface area contributed by atoms with Crippen LogP contribution in [-0.2, 0) is 13.5 Å². The van der Waals surface area contributed by atoms with Gasteiger partial charge in [-0.2, -0.15) is 5.10 Å².